The van der Waals surface area contributed by atoms with E-state index < -0.39 is 8.80 Å². The molecule has 0 aliphatic rings. The SMILES string of the molecule is CCO[Si](COC(=O)C(C)c1ccccc1)(OCC)OCC. The molecule has 1 aromatic rings. The molecule has 5 nitrogen and oxygen atoms in total. The van der Waals surface area contributed by atoms with Crippen LogP contribution in [0.5, 0.6) is 0 Å². The first kappa shape index (κ1) is 18.8. The van der Waals surface area contributed by atoms with Crippen molar-refractivity contribution in [3.8, 4) is 0 Å². The summed E-state index contributed by atoms with van der Waals surface area (Å²) in [6, 6.07) is 9.53. The Morgan fingerprint density at radius 1 is 1.00 bits per heavy atom. The van der Waals surface area contributed by atoms with Gasteiger partial charge in [0.25, 0.3) is 0 Å². The number of hydrogen-bond acceptors (Lipinski definition) is 5. The molecule has 0 aliphatic carbocycles. The zero-order valence-corrected chi connectivity index (χ0v) is 14.8. The summed E-state index contributed by atoms with van der Waals surface area (Å²) >= 11 is 0. The van der Waals surface area contributed by atoms with E-state index in [1.807, 2.05) is 58.0 Å². The Morgan fingerprint density at radius 3 is 1.95 bits per heavy atom. The van der Waals surface area contributed by atoms with Crippen molar-refractivity contribution in [3.05, 3.63) is 35.9 Å². The lowest BCUT2D eigenvalue weighted by molar-refractivity contribution is -0.145. The second-order valence-electron chi connectivity index (χ2n) is 4.72. The van der Waals surface area contributed by atoms with Crippen LogP contribution in [0.25, 0.3) is 0 Å². The van der Waals surface area contributed by atoms with Gasteiger partial charge in [-0.2, -0.15) is 0 Å². The molecule has 0 fully saturated rings. The minimum atomic E-state index is -2.95. The van der Waals surface area contributed by atoms with E-state index in [0.29, 0.717) is 19.8 Å². The number of ether oxygens (including phenoxy) is 1. The fourth-order valence-corrected chi connectivity index (χ4v) is 4.21. The maximum absolute atomic E-state index is 12.2. The maximum Gasteiger partial charge on any atom is 0.540 e. The average molecular weight is 326 g/mol. The van der Waals surface area contributed by atoms with Gasteiger partial charge in [-0.25, -0.2) is 0 Å². The van der Waals surface area contributed by atoms with Gasteiger partial charge in [-0.15, -0.1) is 0 Å². The van der Waals surface area contributed by atoms with Crippen LogP contribution in [0.3, 0.4) is 0 Å². The van der Waals surface area contributed by atoms with Crippen LogP contribution in [0.15, 0.2) is 30.3 Å². The Kier molecular flexibility index (Phi) is 8.33. The van der Waals surface area contributed by atoms with Crippen LogP contribution in [0.1, 0.15) is 39.2 Å². The van der Waals surface area contributed by atoms with Gasteiger partial charge in [-0.1, -0.05) is 30.3 Å². The predicted octanol–water partition coefficient (Wildman–Crippen LogP) is 2.92. The lowest BCUT2D eigenvalue weighted by Gasteiger charge is -2.28. The van der Waals surface area contributed by atoms with Crippen LogP contribution in [0.2, 0.25) is 0 Å². The summed E-state index contributed by atoms with van der Waals surface area (Å²) < 4.78 is 22.4. The van der Waals surface area contributed by atoms with Gasteiger partial charge in [-0.3, -0.25) is 4.79 Å². The summed E-state index contributed by atoms with van der Waals surface area (Å²) in [4.78, 5) is 12.2. The van der Waals surface area contributed by atoms with E-state index in [4.69, 9.17) is 18.0 Å². The van der Waals surface area contributed by atoms with Crippen molar-refractivity contribution in [1.82, 2.24) is 0 Å². The van der Waals surface area contributed by atoms with Gasteiger partial charge >= 0.3 is 14.8 Å². The van der Waals surface area contributed by atoms with Gasteiger partial charge in [0.15, 0.2) is 6.23 Å². The molecule has 0 radical (unpaired) electrons. The Hall–Kier alpha value is -1.21. The van der Waals surface area contributed by atoms with Crippen LogP contribution in [-0.4, -0.2) is 40.8 Å². The lowest BCUT2D eigenvalue weighted by Crippen LogP contribution is -2.51. The van der Waals surface area contributed by atoms with Crippen molar-refractivity contribution >= 4 is 14.8 Å². The van der Waals surface area contributed by atoms with Crippen LogP contribution in [-0.2, 0) is 22.8 Å². The monoisotopic (exact) mass is 326 g/mol. The molecule has 0 bridgehead atoms. The number of hydrogen-bond donors (Lipinski definition) is 0. The standard InChI is InChI=1S/C16H26O5Si/c1-5-19-22(20-6-2,21-7-3)13-18-16(17)14(4)15-11-9-8-10-12-15/h8-12,14H,5-7,13H2,1-4H3. The molecule has 22 heavy (non-hydrogen) atoms. The van der Waals surface area contributed by atoms with E-state index in [0.717, 1.165) is 5.56 Å². The summed E-state index contributed by atoms with van der Waals surface area (Å²) in [5, 5.41) is 0. The number of carbonyl (C=O) groups excluding carboxylic acids is 1. The van der Waals surface area contributed by atoms with Crippen molar-refractivity contribution < 1.29 is 22.8 Å². The van der Waals surface area contributed by atoms with Gasteiger partial charge in [-0.05, 0) is 33.3 Å². The van der Waals surface area contributed by atoms with Crippen molar-refractivity contribution in [2.24, 2.45) is 0 Å². The largest absolute Gasteiger partial charge is 0.540 e. The van der Waals surface area contributed by atoms with Crippen molar-refractivity contribution in [3.63, 3.8) is 0 Å². The van der Waals surface area contributed by atoms with Gasteiger partial charge in [0.05, 0.1) is 5.92 Å². The van der Waals surface area contributed by atoms with E-state index in [-0.39, 0.29) is 18.1 Å². The van der Waals surface area contributed by atoms with E-state index >= 15 is 0 Å². The molecule has 1 aromatic carbocycles. The number of esters is 1. The van der Waals surface area contributed by atoms with E-state index in [2.05, 4.69) is 0 Å². The lowest BCUT2D eigenvalue weighted by atomic mass is 10.0. The van der Waals surface area contributed by atoms with Gasteiger partial charge < -0.3 is 18.0 Å². The fourth-order valence-electron chi connectivity index (χ4n) is 2.07. The number of rotatable bonds is 10. The van der Waals surface area contributed by atoms with Gasteiger partial charge in [0.2, 0.25) is 0 Å². The minimum Gasteiger partial charge on any atom is -0.461 e. The topological polar surface area (TPSA) is 54.0 Å². The van der Waals surface area contributed by atoms with Gasteiger partial charge in [0.1, 0.15) is 0 Å². The quantitative estimate of drug-likeness (QED) is 0.489. The molecule has 0 amide bonds. The Labute approximate surface area is 133 Å². The normalized spacial score (nSPS) is 12.9. The summed E-state index contributed by atoms with van der Waals surface area (Å²) in [6.45, 7) is 8.80. The molecule has 1 atom stereocenters. The van der Waals surface area contributed by atoms with Crippen LogP contribution in [0.4, 0.5) is 0 Å². The van der Waals surface area contributed by atoms with Gasteiger partial charge in [0, 0.05) is 19.8 Å². The second kappa shape index (κ2) is 9.73. The second-order valence-corrected chi connectivity index (χ2v) is 7.24. The minimum absolute atomic E-state index is 0.0402. The summed E-state index contributed by atoms with van der Waals surface area (Å²) in [5.74, 6) is -0.639. The fraction of sp³-hybridized carbons (Fsp3) is 0.562. The highest BCUT2D eigenvalue weighted by Gasteiger charge is 2.43. The highest BCUT2D eigenvalue weighted by atomic mass is 28.4. The average Bonchev–Trinajstić information content (AvgIpc) is 2.53. The predicted molar refractivity (Wildman–Crippen MR) is 86.4 cm³/mol. The number of benzene rings is 1. The molecule has 0 aliphatic heterocycles. The molecule has 1 unspecified atom stereocenters. The highest BCUT2D eigenvalue weighted by Crippen LogP contribution is 2.18. The Bertz CT molecular complexity index is 420. The first-order valence-corrected chi connectivity index (χ1v) is 9.65. The van der Waals surface area contributed by atoms with Crippen molar-refractivity contribution in [2.75, 3.05) is 26.1 Å². The zero-order chi connectivity index (χ0) is 16.4. The molecule has 0 N–H and O–H groups in total. The molecule has 0 saturated carbocycles. The van der Waals surface area contributed by atoms with E-state index in [1.165, 1.54) is 0 Å². The van der Waals surface area contributed by atoms with E-state index in [1.54, 1.807) is 0 Å². The molecule has 0 saturated heterocycles. The molecule has 0 aromatic heterocycles. The van der Waals surface area contributed by atoms with Crippen LogP contribution >= 0.6 is 0 Å². The van der Waals surface area contributed by atoms with Crippen molar-refractivity contribution in [1.29, 1.82) is 0 Å². The molecule has 0 heterocycles. The van der Waals surface area contributed by atoms with E-state index in [9.17, 15) is 4.79 Å². The summed E-state index contributed by atoms with van der Waals surface area (Å²) in [6.07, 6.45) is 0.0402. The molecular weight excluding hydrogens is 300 g/mol. The molecule has 1 rings (SSSR count). The Morgan fingerprint density at radius 2 is 1.50 bits per heavy atom. The smallest absolute Gasteiger partial charge is 0.461 e. The van der Waals surface area contributed by atoms with Crippen LogP contribution in [0, 0.1) is 0 Å². The third kappa shape index (κ3) is 5.53. The molecule has 0 spiro atoms. The Balaban J connectivity index is 2.68. The number of carbonyl (C=O) groups is 1. The first-order valence-electron chi connectivity index (χ1n) is 7.72. The highest BCUT2D eigenvalue weighted by molar-refractivity contribution is 6.60. The first-order chi connectivity index (χ1) is 10.6. The molecular formula is C16H26O5Si. The molecule has 6 heteroatoms. The van der Waals surface area contributed by atoms with Crippen LogP contribution < -0.4 is 0 Å². The van der Waals surface area contributed by atoms with Crippen molar-refractivity contribution in [2.45, 2.75) is 33.6 Å². The summed E-state index contributed by atoms with van der Waals surface area (Å²) in [5.41, 5.74) is 0.920. The maximum atomic E-state index is 12.2. The third-order valence-electron chi connectivity index (χ3n) is 3.14. The zero-order valence-electron chi connectivity index (χ0n) is 13.8. The molecule has 124 valence electrons. The third-order valence-corrected chi connectivity index (χ3v) is 5.82. The summed E-state index contributed by atoms with van der Waals surface area (Å²) in [7, 11) is -2.95.